The van der Waals surface area contributed by atoms with E-state index in [1.54, 1.807) is 42.4 Å². The van der Waals surface area contributed by atoms with E-state index in [0.717, 1.165) is 30.0 Å². The lowest BCUT2D eigenvalue weighted by Crippen LogP contribution is -2.15. The van der Waals surface area contributed by atoms with Gasteiger partial charge in [0.2, 0.25) is 0 Å². The Morgan fingerprint density at radius 2 is 2.03 bits per heavy atom. The summed E-state index contributed by atoms with van der Waals surface area (Å²) in [4.78, 5) is 17.2. The molecule has 148 valence electrons. The average Bonchev–Trinajstić information content (AvgIpc) is 3.25. The van der Waals surface area contributed by atoms with Gasteiger partial charge in [0.25, 0.3) is 5.91 Å². The first-order valence-corrected chi connectivity index (χ1v) is 10.6. The number of aromatic nitrogens is 1. The lowest BCUT2D eigenvalue weighted by atomic mass is 10.1. The van der Waals surface area contributed by atoms with Gasteiger partial charge in [-0.2, -0.15) is 0 Å². The molecule has 0 bridgehead atoms. The molecule has 0 aliphatic carbocycles. The van der Waals surface area contributed by atoms with Gasteiger partial charge >= 0.3 is 0 Å². The quantitative estimate of drug-likeness (QED) is 0.476. The van der Waals surface area contributed by atoms with E-state index < -0.39 is 11.7 Å². The van der Waals surface area contributed by atoms with Crippen LogP contribution in [0.2, 0.25) is 10.0 Å². The summed E-state index contributed by atoms with van der Waals surface area (Å²) in [7, 11) is 0. The molecule has 0 radical (unpaired) electrons. The van der Waals surface area contributed by atoms with Crippen LogP contribution in [0.4, 0.5) is 15.8 Å². The molecule has 2 aromatic carbocycles. The molecule has 4 rings (SSSR count). The van der Waals surface area contributed by atoms with Crippen molar-refractivity contribution in [2.45, 2.75) is 6.42 Å². The Morgan fingerprint density at radius 3 is 2.76 bits per heavy atom. The number of amides is 1. The van der Waals surface area contributed by atoms with Gasteiger partial charge in [0, 0.05) is 34.8 Å². The van der Waals surface area contributed by atoms with Crippen molar-refractivity contribution >= 4 is 52.4 Å². The maximum Gasteiger partial charge on any atom is 0.257 e. The molecule has 0 unspecified atom stereocenters. The van der Waals surface area contributed by atoms with E-state index in [1.807, 2.05) is 22.5 Å². The minimum atomic E-state index is -0.623. The van der Waals surface area contributed by atoms with Crippen molar-refractivity contribution in [1.82, 2.24) is 4.98 Å². The van der Waals surface area contributed by atoms with Gasteiger partial charge in [-0.25, -0.2) is 4.39 Å². The molecule has 1 aliphatic heterocycles. The molecule has 1 N–H and O–H groups in total. The summed E-state index contributed by atoms with van der Waals surface area (Å²) in [5, 5.41) is 3.01. The van der Waals surface area contributed by atoms with E-state index in [9.17, 15) is 9.18 Å². The summed E-state index contributed by atoms with van der Waals surface area (Å²) in [5.41, 5.74) is 2.66. The highest BCUT2D eigenvalue weighted by molar-refractivity contribution is 8.00. The average molecular weight is 448 g/mol. The van der Waals surface area contributed by atoms with E-state index in [1.165, 1.54) is 6.07 Å². The minimum absolute atomic E-state index is 0.0773. The molecular formula is C21H16Cl2FN3OS. The molecule has 8 heteroatoms. The molecule has 4 nitrogen and oxygen atoms in total. The Bertz CT molecular complexity index is 1060. The predicted molar refractivity (Wildman–Crippen MR) is 118 cm³/mol. The molecular weight excluding hydrogens is 432 g/mol. The zero-order valence-electron chi connectivity index (χ0n) is 15.2. The summed E-state index contributed by atoms with van der Waals surface area (Å²) < 4.78 is 16.3. The number of hydrogen-bond acceptors (Lipinski definition) is 4. The van der Waals surface area contributed by atoms with E-state index in [-0.39, 0.29) is 10.6 Å². The van der Waals surface area contributed by atoms with Gasteiger partial charge in [-0.15, -0.1) is 0 Å². The number of benzene rings is 2. The fraction of sp³-hybridized carbons (Fsp3) is 0.143. The lowest BCUT2D eigenvalue weighted by Gasteiger charge is -2.18. The third-order valence-electron chi connectivity index (χ3n) is 4.41. The van der Waals surface area contributed by atoms with Crippen LogP contribution in [0.1, 0.15) is 16.8 Å². The number of nitrogens with one attached hydrogen (secondary N) is 1. The lowest BCUT2D eigenvalue weighted by molar-refractivity contribution is 0.102. The van der Waals surface area contributed by atoms with Gasteiger partial charge in [0.1, 0.15) is 5.82 Å². The van der Waals surface area contributed by atoms with Crippen molar-refractivity contribution < 1.29 is 9.18 Å². The third kappa shape index (κ3) is 4.50. The first-order valence-electron chi connectivity index (χ1n) is 8.94. The van der Waals surface area contributed by atoms with Gasteiger partial charge < -0.3 is 9.62 Å². The molecule has 0 spiro atoms. The van der Waals surface area contributed by atoms with Crippen molar-refractivity contribution in [1.29, 1.82) is 0 Å². The van der Waals surface area contributed by atoms with Crippen LogP contribution in [-0.2, 0) is 0 Å². The van der Waals surface area contributed by atoms with Crippen LogP contribution in [0, 0.1) is 5.82 Å². The Hall–Kier alpha value is -2.28. The number of carbonyl (C=O) groups excluding carboxylic acids is 1. The van der Waals surface area contributed by atoms with Gasteiger partial charge in [0.05, 0.1) is 22.0 Å². The molecule has 1 aliphatic rings. The fourth-order valence-corrected chi connectivity index (χ4v) is 4.50. The topological polar surface area (TPSA) is 45.2 Å². The smallest absolute Gasteiger partial charge is 0.257 e. The number of hydrogen-bond donors (Lipinski definition) is 1. The molecule has 0 atom stereocenters. The summed E-state index contributed by atoms with van der Waals surface area (Å²) >= 11 is 13.9. The first kappa shape index (κ1) is 20.0. The molecule has 1 saturated heterocycles. The van der Waals surface area contributed by atoms with Gasteiger partial charge in [0.15, 0.2) is 0 Å². The van der Waals surface area contributed by atoms with Gasteiger partial charge in [-0.1, -0.05) is 29.3 Å². The molecule has 3 aromatic rings. The standard InChI is InChI=1S/C21H16Cl2FN3OS/c22-14-8-13(19-4-1-2-5-25-19)9-15(10-14)26-21(28)17-11-16(12-18(24)20(17)23)27-6-3-7-29-27/h1-2,4-5,8-12H,3,6-7H2,(H,26,28). The molecule has 29 heavy (non-hydrogen) atoms. The molecule has 1 fully saturated rings. The second kappa shape index (κ2) is 8.61. The Morgan fingerprint density at radius 1 is 1.17 bits per heavy atom. The predicted octanol–water partition coefficient (Wildman–Crippen LogP) is 6.31. The first-order chi connectivity index (χ1) is 14.0. The number of pyridine rings is 1. The van der Waals surface area contributed by atoms with E-state index >= 15 is 0 Å². The molecule has 1 amide bonds. The normalized spacial score (nSPS) is 13.6. The van der Waals surface area contributed by atoms with Crippen LogP contribution >= 0.6 is 35.1 Å². The summed E-state index contributed by atoms with van der Waals surface area (Å²) in [6, 6.07) is 13.6. The number of rotatable bonds is 4. The molecule has 2 heterocycles. The maximum atomic E-state index is 14.4. The van der Waals surface area contributed by atoms with Crippen LogP contribution in [0.5, 0.6) is 0 Å². The maximum absolute atomic E-state index is 14.4. The van der Waals surface area contributed by atoms with Crippen LogP contribution in [0.25, 0.3) is 11.3 Å². The van der Waals surface area contributed by atoms with E-state index in [0.29, 0.717) is 16.4 Å². The van der Waals surface area contributed by atoms with Crippen LogP contribution in [0.3, 0.4) is 0 Å². The van der Waals surface area contributed by atoms with Crippen molar-refractivity contribution in [3.63, 3.8) is 0 Å². The van der Waals surface area contributed by atoms with Crippen LogP contribution < -0.4 is 9.62 Å². The summed E-state index contributed by atoms with van der Waals surface area (Å²) in [6.45, 7) is 0.800. The van der Waals surface area contributed by atoms with Crippen LogP contribution in [0.15, 0.2) is 54.7 Å². The SMILES string of the molecule is O=C(Nc1cc(Cl)cc(-c2ccccn2)c1)c1cc(N2CCCS2)cc(F)c1Cl. The largest absolute Gasteiger partial charge is 0.322 e. The Kier molecular flexibility index (Phi) is 5.94. The molecule has 1 aromatic heterocycles. The highest BCUT2D eigenvalue weighted by Crippen LogP contribution is 2.34. The third-order valence-corrected chi connectivity index (χ3v) is 6.19. The second-order valence-electron chi connectivity index (χ2n) is 6.48. The number of anilines is 2. The summed E-state index contributed by atoms with van der Waals surface area (Å²) in [6.07, 6.45) is 2.69. The van der Waals surface area contributed by atoms with Crippen molar-refractivity contribution in [2.24, 2.45) is 0 Å². The highest BCUT2D eigenvalue weighted by Gasteiger charge is 2.21. The van der Waals surface area contributed by atoms with Crippen molar-refractivity contribution in [3.05, 3.63) is 76.2 Å². The van der Waals surface area contributed by atoms with Crippen molar-refractivity contribution in [3.8, 4) is 11.3 Å². The number of nitrogens with zero attached hydrogens (tertiary/aromatic N) is 2. The Labute approximate surface area is 182 Å². The van der Waals surface area contributed by atoms with E-state index in [4.69, 9.17) is 23.2 Å². The summed E-state index contributed by atoms with van der Waals surface area (Å²) in [5.74, 6) is -0.166. The monoisotopic (exact) mass is 447 g/mol. The number of carbonyl (C=O) groups is 1. The molecule has 0 saturated carbocycles. The van der Waals surface area contributed by atoms with E-state index in [2.05, 4.69) is 10.3 Å². The minimum Gasteiger partial charge on any atom is -0.322 e. The number of halogens is 3. The van der Waals surface area contributed by atoms with Crippen molar-refractivity contribution in [2.75, 3.05) is 21.9 Å². The van der Waals surface area contributed by atoms with Crippen LogP contribution in [-0.4, -0.2) is 23.2 Å². The van der Waals surface area contributed by atoms with Gasteiger partial charge in [-0.3, -0.25) is 9.78 Å². The zero-order chi connectivity index (χ0) is 20.4. The second-order valence-corrected chi connectivity index (χ2v) is 8.40. The fourth-order valence-electron chi connectivity index (χ4n) is 3.08. The highest BCUT2D eigenvalue weighted by atomic mass is 35.5. The Balaban J connectivity index is 1.64. The van der Waals surface area contributed by atoms with Gasteiger partial charge in [-0.05, 0) is 60.8 Å². The zero-order valence-corrected chi connectivity index (χ0v) is 17.5.